The van der Waals surface area contributed by atoms with Crippen LogP contribution in [0.1, 0.15) is 23.9 Å². The minimum atomic E-state index is 0.459. The second-order valence-corrected chi connectivity index (χ2v) is 8.86. The zero-order valence-corrected chi connectivity index (χ0v) is 21.0. The molecule has 186 valence electrons. The van der Waals surface area contributed by atoms with E-state index >= 15 is 0 Å². The maximum atomic E-state index is 10.1. The summed E-state index contributed by atoms with van der Waals surface area (Å²) in [5, 5.41) is 19.1. The van der Waals surface area contributed by atoms with E-state index in [1.54, 1.807) is 0 Å². The first-order chi connectivity index (χ1) is 18.3. The van der Waals surface area contributed by atoms with Crippen LogP contribution in [0, 0.1) is 11.3 Å². The highest BCUT2D eigenvalue weighted by Crippen LogP contribution is 2.27. The molecule has 1 aliphatic heterocycles. The summed E-state index contributed by atoms with van der Waals surface area (Å²) in [6, 6.07) is 31.1. The maximum Gasteiger partial charge on any atom is 0.232 e. The number of rotatable bonds is 8. The highest BCUT2D eigenvalue weighted by atomic mass is 16.5. The molecular formula is C30H30N6O. The van der Waals surface area contributed by atoms with Gasteiger partial charge in [0.1, 0.15) is 6.07 Å². The third-order valence-corrected chi connectivity index (χ3v) is 6.48. The number of anilines is 2. The lowest BCUT2D eigenvalue weighted by molar-refractivity contribution is 0.122. The molecule has 0 spiro atoms. The van der Waals surface area contributed by atoms with Crippen LogP contribution in [0.15, 0.2) is 84.9 Å². The third-order valence-electron chi connectivity index (χ3n) is 6.48. The molecule has 0 radical (unpaired) electrons. The van der Waals surface area contributed by atoms with Gasteiger partial charge in [-0.3, -0.25) is 4.57 Å². The van der Waals surface area contributed by atoms with E-state index in [1.807, 2.05) is 59.2 Å². The van der Waals surface area contributed by atoms with Crippen LogP contribution >= 0.6 is 0 Å². The van der Waals surface area contributed by atoms with Gasteiger partial charge in [0.2, 0.25) is 5.95 Å². The van der Waals surface area contributed by atoms with Gasteiger partial charge in [-0.1, -0.05) is 60.7 Å². The molecule has 3 aromatic carbocycles. The Morgan fingerprint density at radius 3 is 2.27 bits per heavy atom. The second-order valence-electron chi connectivity index (χ2n) is 8.86. The molecule has 7 nitrogen and oxygen atoms in total. The average molecular weight is 491 g/mol. The summed E-state index contributed by atoms with van der Waals surface area (Å²) in [4.78, 5) is 4.48. The predicted molar refractivity (Wildman–Crippen MR) is 147 cm³/mol. The molecule has 1 aliphatic rings. The summed E-state index contributed by atoms with van der Waals surface area (Å²) < 4.78 is 7.49. The fraction of sp³-hybridized carbons (Fsp3) is 0.233. The number of ether oxygens (including phenoxy) is 1. The molecule has 5 rings (SSSR count). The minimum absolute atomic E-state index is 0.459. The van der Waals surface area contributed by atoms with Gasteiger partial charge in [-0.2, -0.15) is 5.26 Å². The van der Waals surface area contributed by atoms with Gasteiger partial charge in [0.15, 0.2) is 5.82 Å². The molecule has 0 unspecified atom stereocenters. The van der Waals surface area contributed by atoms with Gasteiger partial charge in [-0.25, -0.2) is 0 Å². The lowest BCUT2D eigenvalue weighted by Crippen LogP contribution is -2.38. The van der Waals surface area contributed by atoms with E-state index in [0.29, 0.717) is 24.6 Å². The molecule has 7 heteroatoms. The first kappa shape index (κ1) is 24.3. The van der Waals surface area contributed by atoms with E-state index in [2.05, 4.69) is 69.4 Å². The molecule has 2 heterocycles. The molecule has 0 aliphatic carbocycles. The Morgan fingerprint density at radius 1 is 0.946 bits per heavy atom. The van der Waals surface area contributed by atoms with Gasteiger partial charge < -0.3 is 14.5 Å². The number of hydrogen-bond acceptors (Lipinski definition) is 6. The number of morpholine rings is 1. The van der Waals surface area contributed by atoms with E-state index in [-0.39, 0.29) is 0 Å². The standard InChI is InChI=1S/C30H30N6O/c1-2-34(23-25-9-5-3-6-10-25)27-15-13-24(14-16-27)21-26(22-31)29-32-33-30(35-17-19-37-20-18-35)36(29)28-11-7-4-8-12-28/h3-16,21H,2,17-20,23H2,1H3. The van der Waals surface area contributed by atoms with Crippen LogP contribution in [0.4, 0.5) is 11.6 Å². The Labute approximate surface area is 217 Å². The highest BCUT2D eigenvalue weighted by Gasteiger charge is 2.23. The largest absolute Gasteiger partial charge is 0.378 e. The first-order valence-electron chi connectivity index (χ1n) is 12.6. The lowest BCUT2D eigenvalue weighted by Gasteiger charge is -2.28. The molecule has 37 heavy (non-hydrogen) atoms. The van der Waals surface area contributed by atoms with Gasteiger partial charge >= 0.3 is 0 Å². The maximum absolute atomic E-state index is 10.1. The van der Waals surface area contributed by atoms with Crippen molar-refractivity contribution >= 4 is 23.3 Å². The van der Waals surface area contributed by atoms with Crippen molar-refractivity contribution in [2.75, 3.05) is 42.6 Å². The number of nitriles is 1. The van der Waals surface area contributed by atoms with E-state index in [1.165, 1.54) is 5.56 Å². The molecule has 0 N–H and O–H groups in total. The van der Waals surface area contributed by atoms with E-state index in [4.69, 9.17) is 4.74 Å². The topological polar surface area (TPSA) is 70.2 Å². The fourth-order valence-electron chi connectivity index (χ4n) is 4.52. The quantitative estimate of drug-likeness (QED) is 0.317. The number of allylic oxidation sites excluding steroid dienone is 1. The van der Waals surface area contributed by atoms with Crippen molar-refractivity contribution in [3.05, 3.63) is 102 Å². The number of para-hydroxylation sites is 1. The minimum Gasteiger partial charge on any atom is -0.378 e. The van der Waals surface area contributed by atoms with Crippen molar-refractivity contribution in [3.63, 3.8) is 0 Å². The number of nitrogens with zero attached hydrogens (tertiary/aromatic N) is 6. The Hall–Kier alpha value is -4.41. The number of aromatic nitrogens is 3. The van der Waals surface area contributed by atoms with E-state index in [9.17, 15) is 5.26 Å². The van der Waals surface area contributed by atoms with E-state index in [0.717, 1.165) is 49.1 Å². The molecule has 0 saturated carbocycles. The lowest BCUT2D eigenvalue weighted by atomic mass is 10.1. The van der Waals surface area contributed by atoms with Gasteiger partial charge in [-0.05, 0) is 48.4 Å². The van der Waals surface area contributed by atoms with Crippen LogP contribution < -0.4 is 9.80 Å². The molecule has 1 aromatic heterocycles. The van der Waals surface area contributed by atoms with Crippen molar-refractivity contribution in [3.8, 4) is 11.8 Å². The Kier molecular flexibility index (Phi) is 7.58. The molecule has 1 saturated heterocycles. The van der Waals surface area contributed by atoms with Crippen molar-refractivity contribution in [1.29, 1.82) is 5.26 Å². The molecule has 0 bridgehead atoms. The van der Waals surface area contributed by atoms with Crippen LogP contribution in [0.2, 0.25) is 0 Å². The molecule has 4 aromatic rings. The number of benzene rings is 3. The summed E-state index contributed by atoms with van der Waals surface area (Å²) in [7, 11) is 0. The number of hydrogen-bond donors (Lipinski definition) is 0. The van der Waals surface area contributed by atoms with Crippen LogP contribution in [-0.2, 0) is 11.3 Å². The Morgan fingerprint density at radius 2 is 1.62 bits per heavy atom. The fourth-order valence-corrected chi connectivity index (χ4v) is 4.52. The Balaban J connectivity index is 1.45. The van der Waals surface area contributed by atoms with Gasteiger partial charge in [0.05, 0.1) is 24.5 Å². The summed E-state index contributed by atoms with van der Waals surface area (Å²) in [6.45, 7) is 6.65. The summed E-state index contributed by atoms with van der Waals surface area (Å²) in [5.41, 5.74) is 4.73. The molecule has 0 amide bonds. The monoisotopic (exact) mass is 490 g/mol. The van der Waals surface area contributed by atoms with Gasteiger partial charge in [0.25, 0.3) is 0 Å². The van der Waals surface area contributed by atoms with Crippen LogP contribution in [-0.4, -0.2) is 47.6 Å². The predicted octanol–water partition coefficient (Wildman–Crippen LogP) is 5.19. The van der Waals surface area contributed by atoms with Crippen molar-refractivity contribution in [1.82, 2.24) is 14.8 Å². The van der Waals surface area contributed by atoms with Crippen molar-refractivity contribution in [2.24, 2.45) is 0 Å². The van der Waals surface area contributed by atoms with Gasteiger partial charge in [-0.15, -0.1) is 10.2 Å². The average Bonchev–Trinajstić information content (AvgIpc) is 3.41. The highest BCUT2D eigenvalue weighted by molar-refractivity contribution is 5.88. The van der Waals surface area contributed by atoms with Crippen LogP contribution in [0.25, 0.3) is 17.3 Å². The normalized spacial score (nSPS) is 13.8. The molecular weight excluding hydrogens is 460 g/mol. The van der Waals surface area contributed by atoms with Crippen molar-refractivity contribution < 1.29 is 4.74 Å². The second kappa shape index (κ2) is 11.5. The third kappa shape index (κ3) is 5.55. The van der Waals surface area contributed by atoms with Crippen molar-refractivity contribution in [2.45, 2.75) is 13.5 Å². The van der Waals surface area contributed by atoms with E-state index < -0.39 is 0 Å². The molecule has 1 fully saturated rings. The smallest absolute Gasteiger partial charge is 0.232 e. The van der Waals surface area contributed by atoms with Gasteiger partial charge in [0, 0.05) is 31.9 Å². The van der Waals surface area contributed by atoms with Crippen LogP contribution in [0.3, 0.4) is 0 Å². The summed E-state index contributed by atoms with van der Waals surface area (Å²) in [5.74, 6) is 1.25. The zero-order valence-electron chi connectivity index (χ0n) is 21.0. The molecule has 0 atom stereocenters. The zero-order chi connectivity index (χ0) is 25.5. The van der Waals surface area contributed by atoms with Crippen LogP contribution in [0.5, 0.6) is 0 Å². The first-order valence-corrected chi connectivity index (χ1v) is 12.6. The summed E-state index contributed by atoms with van der Waals surface area (Å²) >= 11 is 0. The Bertz CT molecular complexity index is 1370. The SMILES string of the molecule is CCN(Cc1ccccc1)c1ccc(C=C(C#N)c2nnc(N3CCOCC3)n2-c2ccccc2)cc1. The summed E-state index contributed by atoms with van der Waals surface area (Å²) in [6.07, 6.45) is 1.88.